The van der Waals surface area contributed by atoms with Crippen LogP contribution in [0.15, 0.2) is 128 Å². The number of aromatic hydroxyl groups is 1. The summed E-state index contributed by atoms with van der Waals surface area (Å²) in [5.74, 6) is -12.9. The molecule has 0 saturated heterocycles. The van der Waals surface area contributed by atoms with Crippen molar-refractivity contribution in [2.24, 2.45) is 28.9 Å². The van der Waals surface area contributed by atoms with Gasteiger partial charge in [-0.15, -0.1) is 0 Å². The third kappa shape index (κ3) is 34.0. The number of hydrogen-bond acceptors (Lipinski definition) is 19. The second-order valence-corrected chi connectivity index (χ2v) is 29.2. The molecule has 14 amide bonds. The van der Waals surface area contributed by atoms with Crippen molar-refractivity contribution in [3.05, 3.63) is 156 Å². The maximum absolute atomic E-state index is 15.1. The molecule has 0 aliphatic heterocycles. The van der Waals surface area contributed by atoms with Gasteiger partial charge in [0.2, 0.25) is 82.7 Å². The summed E-state index contributed by atoms with van der Waals surface area (Å²) >= 11 is 0. The Hall–Kier alpha value is -13.5. The summed E-state index contributed by atoms with van der Waals surface area (Å²) < 4.78 is 0. The first-order chi connectivity index (χ1) is 57.4. The van der Waals surface area contributed by atoms with Crippen molar-refractivity contribution >= 4 is 106 Å². The van der Waals surface area contributed by atoms with Crippen LogP contribution in [0.5, 0.6) is 5.75 Å². The number of nitrogens with two attached hydrogens (primary N) is 4. The van der Waals surface area contributed by atoms with E-state index in [9.17, 15) is 62.6 Å². The molecule has 0 saturated carbocycles. The lowest BCUT2D eigenvalue weighted by atomic mass is 9.99. The van der Waals surface area contributed by atoms with Crippen LogP contribution in [0.1, 0.15) is 120 Å². The predicted molar refractivity (Wildman–Crippen MR) is 445 cm³/mol. The minimum atomic E-state index is -1.53. The zero-order valence-corrected chi connectivity index (χ0v) is 67.7. The van der Waals surface area contributed by atoms with E-state index in [0.717, 1.165) is 0 Å². The molecule has 39 nitrogen and oxygen atoms in total. The van der Waals surface area contributed by atoms with E-state index in [0.29, 0.717) is 65.4 Å². The summed E-state index contributed by atoms with van der Waals surface area (Å²) in [6.07, 6.45) is 5.84. The van der Waals surface area contributed by atoms with Gasteiger partial charge in [-0.3, -0.25) is 77.9 Å². The van der Waals surface area contributed by atoms with E-state index in [-0.39, 0.29) is 101 Å². The van der Waals surface area contributed by atoms with Gasteiger partial charge in [0.05, 0.1) is 31.7 Å². The number of benzene rings is 4. The van der Waals surface area contributed by atoms with Gasteiger partial charge in [0.25, 0.3) is 0 Å². The van der Waals surface area contributed by atoms with Crippen molar-refractivity contribution in [3.63, 3.8) is 0 Å². The number of hydrogen-bond donors (Lipinski definition) is 24. The fraction of sp³-hybridized carbons (Fsp3) is 0.444. The highest BCUT2D eigenvalue weighted by Crippen LogP contribution is 2.21. The van der Waals surface area contributed by atoms with Crippen LogP contribution in [-0.4, -0.2) is 214 Å². The number of rotatable bonds is 52. The largest absolute Gasteiger partial charge is 0.508 e. The lowest BCUT2D eigenvalue weighted by Gasteiger charge is -2.28. The van der Waals surface area contributed by atoms with Gasteiger partial charge in [0.1, 0.15) is 66.2 Å². The smallest absolute Gasteiger partial charge is 0.243 e. The van der Waals surface area contributed by atoms with Crippen LogP contribution in [0.2, 0.25) is 0 Å². The number of H-pyrrole nitrogens is 2. The second kappa shape index (κ2) is 50.2. The van der Waals surface area contributed by atoms with E-state index < -0.39 is 175 Å². The van der Waals surface area contributed by atoms with Gasteiger partial charge in [-0.1, -0.05) is 125 Å². The van der Waals surface area contributed by atoms with Crippen molar-refractivity contribution in [1.82, 2.24) is 94.7 Å². The summed E-state index contributed by atoms with van der Waals surface area (Å²) in [5, 5.41) is 65.8. The van der Waals surface area contributed by atoms with Crippen LogP contribution in [0.25, 0.3) is 10.9 Å². The number of primary amides is 1. The molecule has 39 heteroatoms. The van der Waals surface area contributed by atoms with Crippen molar-refractivity contribution in [2.75, 3.05) is 39.3 Å². The molecule has 120 heavy (non-hydrogen) atoms. The fourth-order valence-electron chi connectivity index (χ4n) is 12.8. The first-order valence-corrected chi connectivity index (χ1v) is 39.7. The molecule has 0 fully saturated rings. The average Bonchev–Trinajstić information content (AvgIpc) is 1.66. The van der Waals surface area contributed by atoms with E-state index in [1.165, 1.54) is 31.6 Å². The Kier molecular flexibility index (Phi) is 39.9. The van der Waals surface area contributed by atoms with Gasteiger partial charge in [0.15, 0.2) is 11.9 Å². The van der Waals surface area contributed by atoms with Crippen molar-refractivity contribution < 1.29 is 72.2 Å². The minimum Gasteiger partial charge on any atom is -0.508 e. The molecule has 4 aromatic carbocycles. The molecule has 6 aromatic rings. The Morgan fingerprint density at radius 3 is 1.32 bits per heavy atom. The lowest BCUT2D eigenvalue weighted by molar-refractivity contribution is -0.135. The van der Waals surface area contributed by atoms with Gasteiger partial charge in [-0.2, -0.15) is 0 Å². The summed E-state index contributed by atoms with van der Waals surface area (Å²) in [6.45, 7) is 4.78. The number of imidazole rings is 1. The monoisotopic (exact) mass is 1660 g/mol. The molecule has 0 bridgehead atoms. The Bertz CT molecular complexity index is 4420. The number of carbonyl (C=O) groups excluding carboxylic acids is 14. The number of carbonyl (C=O) groups is 14. The van der Waals surface area contributed by atoms with Crippen molar-refractivity contribution in [2.45, 2.75) is 184 Å². The van der Waals surface area contributed by atoms with Crippen molar-refractivity contribution in [3.8, 4) is 5.75 Å². The molecule has 10 atom stereocenters. The standard InChI is InChI=1S/C81H114N24O15/c1-5-6-24-57(100-79(120)69(47(2)3)105-78(119)63(38-51-29-31-54(107)32-30-51)102-73(114)58(96-48(4)106)26-15-16-33-82)70(111)93-45-68(110)98-65(40-53-42-88-46-95-53)77(118)103-62(37-50-21-11-8-12-22-50)76(117)99-60(28-18-35-90-81(86)87)75(116)104-64(39-52-41-91-56-25-14-13-23-55(52)56)72(113)94-44-67(109)97-59(27-17-34-89-80(84)85)74(115)101-61(71(112)92-43-66(83)108)36-49-19-9-7-10-20-49/h7-14,19-23,25,29-32,41-42,46-47,57-65,69,91,107H,5-6,15-18,24,26-28,33-40,43-45,82H2,1-4H3,(H2,83,108)(H,88,95)(H,92,112)(H,93,111)(H,94,113)(H,96,106)(H,97,109)(H,98,110)(H,99,117)(H,100,120)(H,101,115)(H,102,114)(H,103,118)(H,104,116)(H,105,119)(H4,84,85,89)(H4,86,87,90)/t57-,58-,59-,60-,61-,62-,63-,64-,65-,69-/m0/s1. The molecule has 0 aliphatic carbocycles. The Labute approximate surface area is 694 Å². The van der Waals surface area contributed by atoms with Crippen LogP contribution in [0.3, 0.4) is 0 Å². The molecule has 0 unspecified atom stereocenters. The number of fused-ring (bicyclic) bond motifs is 1. The third-order valence-corrected chi connectivity index (χ3v) is 19.1. The van der Waals surface area contributed by atoms with Crippen molar-refractivity contribution in [1.29, 1.82) is 10.8 Å². The molecule has 0 spiro atoms. The first-order valence-electron chi connectivity index (χ1n) is 39.7. The molecule has 28 N–H and O–H groups in total. The highest BCUT2D eigenvalue weighted by atomic mass is 16.3. The van der Waals surface area contributed by atoms with E-state index in [1.807, 2.05) is 6.92 Å². The number of nitrogens with one attached hydrogen (secondary N) is 19. The predicted octanol–water partition coefficient (Wildman–Crippen LogP) is -2.69. The molecular formula is C81H114N24O15. The molecule has 2 aromatic heterocycles. The molecule has 0 radical (unpaired) electrons. The summed E-state index contributed by atoms with van der Waals surface area (Å²) in [6, 6.07) is 16.4. The zero-order valence-electron chi connectivity index (χ0n) is 67.7. The van der Waals surface area contributed by atoms with Crippen LogP contribution in [0.4, 0.5) is 0 Å². The highest BCUT2D eigenvalue weighted by molar-refractivity contribution is 6.00. The highest BCUT2D eigenvalue weighted by Gasteiger charge is 2.37. The van der Waals surface area contributed by atoms with Gasteiger partial charge in [-0.25, -0.2) is 4.98 Å². The Balaban J connectivity index is 1.21. The molecular weight excluding hydrogens is 1550 g/mol. The van der Waals surface area contributed by atoms with Gasteiger partial charge < -0.3 is 118 Å². The third-order valence-electron chi connectivity index (χ3n) is 19.1. The number of nitrogens with zero attached hydrogens (tertiary/aromatic N) is 1. The van der Waals surface area contributed by atoms with Gasteiger partial charge in [-0.05, 0) is 104 Å². The first kappa shape index (κ1) is 95.4. The molecule has 2 heterocycles. The number of aromatic amines is 2. The summed E-state index contributed by atoms with van der Waals surface area (Å²) in [4.78, 5) is 206. The lowest BCUT2D eigenvalue weighted by Crippen LogP contribution is -2.60. The quantitative estimate of drug-likeness (QED) is 0.0105. The minimum absolute atomic E-state index is 0.0210. The van der Waals surface area contributed by atoms with E-state index >= 15 is 9.59 Å². The Morgan fingerprint density at radius 2 is 0.833 bits per heavy atom. The molecule has 0 aliphatic rings. The fourth-order valence-corrected chi connectivity index (χ4v) is 12.8. The zero-order chi connectivity index (χ0) is 87.6. The molecule has 648 valence electrons. The average molecular weight is 1660 g/mol. The number of guanidine groups is 2. The summed E-state index contributed by atoms with van der Waals surface area (Å²) in [7, 11) is 0. The van der Waals surface area contributed by atoms with Gasteiger partial charge in [0, 0.05) is 75.4 Å². The second-order valence-electron chi connectivity index (χ2n) is 29.2. The number of amides is 14. The number of unbranched alkanes of at least 4 members (excludes halogenated alkanes) is 2. The normalized spacial score (nSPS) is 13.5. The van der Waals surface area contributed by atoms with Gasteiger partial charge >= 0.3 is 0 Å². The van der Waals surface area contributed by atoms with Crippen LogP contribution >= 0.6 is 0 Å². The SMILES string of the molecule is CCCC[C@H](NC(=O)[C@@H](NC(=O)[C@H](Cc1ccc(O)cc1)NC(=O)[C@H](CCCCN)NC(C)=O)C(C)C)C(=O)NCC(=O)N[C@@H](Cc1c[nH]cn1)C(=O)N[C@@H](Cc1ccccc1)C(=O)N[C@@H](CCCNC(=N)N)C(=O)N[C@@H](Cc1c[nH]c2ccccc12)C(=O)NCC(=O)N[C@@H](CCCNC(=N)N)C(=O)N[C@@H](Cc1ccccc1)C(=O)NCC(N)=O. The van der Waals surface area contributed by atoms with Crippen LogP contribution in [-0.2, 0) is 99.2 Å². The van der Waals surface area contributed by atoms with E-state index in [4.69, 9.17) is 33.8 Å². The maximum atomic E-state index is 15.1. The number of para-hydroxylation sites is 1. The van der Waals surface area contributed by atoms with E-state index in [2.05, 4.69) is 94.7 Å². The summed E-state index contributed by atoms with van der Waals surface area (Å²) in [5.41, 5.74) is 25.3. The van der Waals surface area contributed by atoms with Crippen LogP contribution < -0.4 is 103 Å². The topological polar surface area (TPSA) is 636 Å². The van der Waals surface area contributed by atoms with Crippen LogP contribution in [0, 0.1) is 16.7 Å². The van der Waals surface area contributed by atoms with E-state index in [1.54, 1.807) is 117 Å². The number of aromatic nitrogens is 3. The molecule has 6 rings (SSSR count). The number of phenolic OH excluding ortho intramolecular Hbond substituents is 1. The number of phenols is 1. The Morgan fingerprint density at radius 1 is 0.425 bits per heavy atom. The maximum Gasteiger partial charge on any atom is 0.243 e.